The number of pyridine rings is 1. The molecule has 2 N–H and O–H groups in total. The van der Waals surface area contributed by atoms with E-state index >= 15 is 0 Å². The van der Waals surface area contributed by atoms with E-state index in [4.69, 9.17) is 5.26 Å². The van der Waals surface area contributed by atoms with Crippen molar-refractivity contribution in [1.29, 1.82) is 5.26 Å². The maximum atomic E-state index is 11.5. The second-order valence-corrected chi connectivity index (χ2v) is 3.48. The van der Waals surface area contributed by atoms with Crippen LogP contribution in [0.4, 0.5) is 5.69 Å². The maximum absolute atomic E-state index is 11.5. The molecule has 0 bridgehead atoms. The molecule has 1 aromatic heterocycles. The number of nitrogens with one attached hydrogen (secondary N) is 1. The summed E-state index contributed by atoms with van der Waals surface area (Å²) in [7, 11) is 0. The van der Waals surface area contributed by atoms with Crippen LogP contribution in [0.15, 0.2) is 70.3 Å². The van der Waals surface area contributed by atoms with Gasteiger partial charge in [0.1, 0.15) is 11.6 Å². The molecule has 0 spiro atoms. The maximum Gasteiger partial charge on any atom is 0.278 e. The van der Waals surface area contributed by atoms with Gasteiger partial charge in [-0.25, -0.2) is 0 Å². The molecule has 6 nitrogen and oxygen atoms in total. The SMILES string of the molecule is C=C/C=C\C(=C/C=C)N=Nc1cc(C#N)c(O)[nH]c1=O. The Morgan fingerprint density at radius 3 is 2.80 bits per heavy atom. The summed E-state index contributed by atoms with van der Waals surface area (Å²) in [4.78, 5) is 13.6. The summed E-state index contributed by atoms with van der Waals surface area (Å²) < 4.78 is 0. The Hall–Kier alpha value is -3.20. The lowest BCUT2D eigenvalue weighted by Crippen LogP contribution is -2.05. The van der Waals surface area contributed by atoms with Gasteiger partial charge in [-0.1, -0.05) is 31.4 Å². The number of azo groups is 1. The molecule has 0 aliphatic carbocycles. The number of rotatable bonds is 5. The van der Waals surface area contributed by atoms with Gasteiger partial charge in [-0.2, -0.15) is 10.4 Å². The monoisotopic (exact) mass is 268 g/mol. The summed E-state index contributed by atoms with van der Waals surface area (Å²) in [5.74, 6) is -0.495. The lowest BCUT2D eigenvalue weighted by Gasteiger charge is -1.96. The van der Waals surface area contributed by atoms with Gasteiger partial charge in [0.2, 0.25) is 5.88 Å². The van der Waals surface area contributed by atoms with Crippen molar-refractivity contribution in [1.82, 2.24) is 4.98 Å². The first-order valence-corrected chi connectivity index (χ1v) is 5.52. The Balaban J connectivity index is 3.17. The predicted molar refractivity (Wildman–Crippen MR) is 75.6 cm³/mol. The minimum atomic E-state index is -0.643. The molecule has 100 valence electrons. The minimum Gasteiger partial charge on any atom is -0.494 e. The third-order valence-corrected chi connectivity index (χ3v) is 2.09. The molecule has 1 aromatic rings. The van der Waals surface area contributed by atoms with E-state index in [2.05, 4.69) is 28.4 Å². The fourth-order valence-electron chi connectivity index (χ4n) is 1.19. The average molecular weight is 268 g/mol. The lowest BCUT2D eigenvalue weighted by atomic mass is 10.3. The normalized spacial score (nSPS) is 11.7. The number of allylic oxidation sites excluding steroid dienone is 5. The number of aromatic hydroxyl groups is 1. The van der Waals surface area contributed by atoms with Crippen LogP contribution in [0.25, 0.3) is 0 Å². The highest BCUT2D eigenvalue weighted by atomic mass is 16.3. The van der Waals surface area contributed by atoms with Crippen molar-refractivity contribution in [2.75, 3.05) is 0 Å². The van der Waals surface area contributed by atoms with Gasteiger partial charge >= 0.3 is 0 Å². The zero-order chi connectivity index (χ0) is 15.0. The Morgan fingerprint density at radius 1 is 1.45 bits per heavy atom. The number of H-pyrrole nitrogens is 1. The van der Waals surface area contributed by atoms with Gasteiger partial charge in [-0.05, 0) is 18.2 Å². The first-order valence-electron chi connectivity index (χ1n) is 5.52. The van der Waals surface area contributed by atoms with Crippen molar-refractivity contribution < 1.29 is 5.11 Å². The first kappa shape index (κ1) is 14.9. The molecule has 0 amide bonds. The number of nitrogens with zero attached hydrogens (tertiary/aromatic N) is 3. The molecule has 0 saturated carbocycles. The van der Waals surface area contributed by atoms with Crippen LogP contribution < -0.4 is 5.56 Å². The third-order valence-electron chi connectivity index (χ3n) is 2.09. The molecule has 1 heterocycles. The number of aromatic nitrogens is 1. The van der Waals surface area contributed by atoms with Gasteiger partial charge in [0, 0.05) is 0 Å². The minimum absolute atomic E-state index is 0.0821. The molecule has 0 radical (unpaired) electrons. The fourth-order valence-corrected chi connectivity index (χ4v) is 1.19. The highest BCUT2D eigenvalue weighted by molar-refractivity contribution is 5.47. The van der Waals surface area contributed by atoms with Gasteiger partial charge in [-0.3, -0.25) is 9.78 Å². The quantitative estimate of drug-likeness (QED) is 0.634. The number of hydrogen-bond donors (Lipinski definition) is 2. The van der Waals surface area contributed by atoms with Crippen molar-refractivity contribution in [3.05, 3.63) is 71.2 Å². The summed E-state index contributed by atoms with van der Waals surface area (Å²) >= 11 is 0. The van der Waals surface area contributed by atoms with Crippen molar-refractivity contribution in [3.8, 4) is 11.9 Å². The number of aromatic amines is 1. The fraction of sp³-hybridized carbons (Fsp3) is 0. The van der Waals surface area contributed by atoms with Crippen LogP contribution in [0.3, 0.4) is 0 Å². The van der Waals surface area contributed by atoms with Crippen LogP contribution in [-0.2, 0) is 0 Å². The van der Waals surface area contributed by atoms with Gasteiger partial charge in [0.25, 0.3) is 5.56 Å². The lowest BCUT2D eigenvalue weighted by molar-refractivity contribution is 0.450. The van der Waals surface area contributed by atoms with Gasteiger partial charge < -0.3 is 5.11 Å². The van der Waals surface area contributed by atoms with Crippen molar-refractivity contribution in [2.24, 2.45) is 10.2 Å². The molecule has 0 unspecified atom stereocenters. The predicted octanol–water partition coefficient (Wildman–Crippen LogP) is 2.85. The van der Waals surface area contributed by atoms with Gasteiger partial charge in [0.05, 0.1) is 5.70 Å². The number of nitriles is 1. The molecule has 0 aliphatic heterocycles. The van der Waals surface area contributed by atoms with Gasteiger partial charge in [-0.15, -0.1) is 5.11 Å². The average Bonchev–Trinajstić information content (AvgIpc) is 2.43. The van der Waals surface area contributed by atoms with E-state index in [-0.39, 0.29) is 11.3 Å². The molecule has 0 aliphatic rings. The van der Waals surface area contributed by atoms with Crippen LogP contribution in [0.5, 0.6) is 5.88 Å². The standard InChI is InChI=1S/C14H12N4O2/c1-3-5-7-11(6-4-2)17-18-12-8-10(9-15)13(19)16-14(12)20/h3-8H,1-2H2,(H2,16,19,20)/b7-5-,11-6+,18-17?. The summed E-state index contributed by atoms with van der Waals surface area (Å²) in [6.45, 7) is 7.06. The molecule has 0 atom stereocenters. The molecule has 1 rings (SSSR count). The van der Waals surface area contributed by atoms with E-state index in [1.807, 2.05) is 0 Å². The largest absolute Gasteiger partial charge is 0.494 e. The van der Waals surface area contributed by atoms with Gasteiger partial charge in [0.15, 0.2) is 5.69 Å². The van der Waals surface area contributed by atoms with Crippen molar-refractivity contribution in [3.63, 3.8) is 0 Å². The summed E-state index contributed by atoms with van der Waals surface area (Å²) in [6, 6.07) is 2.88. The van der Waals surface area contributed by atoms with Crippen LogP contribution in [0.2, 0.25) is 0 Å². The van der Waals surface area contributed by atoms with Crippen LogP contribution in [0, 0.1) is 11.3 Å². The van der Waals surface area contributed by atoms with E-state index in [0.29, 0.717) is 5.70 Å². The second-order valence-electron chi connectivity index (χ2n) is 3.48. The van der Waals surface area contributed by atoms with E-state index in [1.165, 1.54) is 6.08 Å². The summed E-state index contributed by atoms with van der Waals surface area (Å²) in [6.07, 6.45) is 7.94. The van der Waals surface area contributed by atoms with Crippen LogP contribution >= 0.6 is 0 Å². The molecular formula is C14H12N4O2. The Bertz CT molecular complexity index is 703. The highest BCUT2D eigenvalue weighted by Gasteiger charge is 2.06. The Labute approximate surface area is 115 Å². The zero-order valence-electron chi connectivity index (χ0n) is 10.6. The van der Waals surface area contributed by atoms with E-state index in [0.717, 1.165) is 6.07 Å². The van der Waals surface area contributed by atoms with E-state index in [9.17, 15) is 9.90 Å². The third kappa shape index (κ3) is 3.92. The summed E-state index contributed by atoms with van der Waals surface area (Å²) in [5.41, 5.74) is -0.363. The molecule has 0 aromatic carbocycles. The molecule has 20 heavy (non-hydrogen) atoms. The second kappa shape index (κ2) is 7.28. The summed E-state index contributed by atoms with van der Waals surface area (Å²) in [5, 5.41) is 25.7. The smallest absolute Gasteiger partial charge is 0.278 e. The molecule has 0 fully saturated rings. The Kier molecular flexibility index (Phi) is 5.41. The highest BCUT2D eigenvalue weighted by Crippen LogP contribution is 2.16. The van der Waals surface area contributed by atoms with E-state index in [1.54, 1.807) is 30.4 Å². The molecular weight excluding hydrogens is 256 g/mol. The topological polar surface area (TPSA) is 102 Å². The number of hydrogen-bond acceptors (Lipinski definition) is 5. The Morgan fingerprint density at radius 2 is 2.20 bits per heavy atom. The van der Waals surface area contributed by atoms with Crippen LogP contribution in [-0.4, -0.2) is 10.1 Å². The van der Waals surface area contributed by atoms with Crippen molar-refractivity contribution in [2.45, 2.75) is 0 Å². The molecule has 0 saturated heterocycles. The zero-order valence-corrected chi connectivity index (χ0v) is 10.6. The molecule has 6 heteroatoms. The van der Waals surface area contributed by atoms with E-state index < -0.39 is 11.4 Å². The van der Waals surface area contributed by atoms with Crippen LogP contribution in [0.1, 0.15) is 5.56 Å². The first-order chi connectivity index (χ1) is 9.62. The van der Waals surface area contributed by atoms with Crippen molar-refractivity contribution >= 4 is 5.69 Å².